The Labute approximate surface area is 114 Å². The van der Waals surface area contributed by atoms with Crippen LogP contribution in [0.15, 0.2) is 0 Å². The number of unbranched alkanes of at least 4 members (excludes halogenated alkanes) is 2. The van der Waals surface area contributed by atoms with Crippen LogP contribution < -0.4 is 34.7 Å². The summed E-state index contributed by atoms with van der Waals surface area (Å²) in [5, 5.41) is 9.97. The van der Waals surface area contributed by atoms with E-state index in [2.05, 4.69) is 13.8 Å². The molecule has 0 aromatic heterocycles. The molecule has 0 aromatic rings. The van der Waals surface area contributed by atoms with Crippen LogP contribution in [0.4, 0.5) is 0 Å². The quantitative estimate of drug-likeness (QED) is 0.331. The summed E-state index contributed by atoms with van der Waals surface area (Å²) in [4.78, 5) is 0. The summed E-state index contributed by atoms with van der Waals surface area (Å²) in [7, 11) is -4.67. The third-order valence-corrected chi connectivity index (χ3v) is 1.43. The Morgan fingerprint density at radius 1 is 1.13 bits per heavy atom. The molecule has 0 aromatic carbocycles. The number of hydrogen-bond donors (Lipinski definition) is 2. The van der Waals surface area contributed by atoms with Crippen molar-refractivity contribution in [2.75, 3.05) is 6.61 Å². The smallest absolute Gasteiger partial charge is 0.854 e. The fraction of sp³-hybridized carbons (Fsp3) is 1.00. The first kappa shape index (κ1) is 21.1. The van der Waals surface area contributed by atoms with Crippen LogP contribution in [0, 0.1) is 5.92 Å². The van der Waals surface area contributed by atoms with E-state index < -0.39 is 10.4 Å². The molecule has 2 N–H and O–H groups in total. The van der Waals surface area contributed by atoms with E-state index in [0.29, 0.717) is 0 Å². The molecule has 0 atom stereocenters. The van der Waals surface area contributed by atoms with Crippen LogP contribution in [0.25, 0.3) is 0 Å². The van der Waals surface area contributed by atoms with Crippen molar-refractivity contribution >= 4 is 10.4 Å². The predicted molar refractivity (Wildman–Crippen MR) is 52.4 cm³/mol. The topological polar surface area (TPSA) is 97.7 Å². The molecule has 7 heteroatoms. The molecule has 0 bridgehead atoms. The standard InChI is InChI=1S/C8H17O.Na.H2O4S/c1-8(2)6-4-3-5-7-9;;1-5(2,3)4/h8H,3-7H2,1-2H3;;(H2,1,2,3,4)/q-1;+1;. The molecule has 0 saturated heterocycles. The van der Waals surface area contributed by atoms with E-state index in [1.165, 1.54) is 12.8 Å². The van der Waals surface area contributed by atoms with Crippen LogP contribution in [-0.4, -0.2) is 24.1 Å². The van der Waals surface area contributed by atoms with Gasteiger partial charge in [0, 0.05) is 0 Å². The zero-order valence-corrected chi connectivity index (χ0v) is 12.5. The van der Waals surface area contributed by atoms with Crippen molar-refractivity contribution in [3.05, 3.63) is 0 Å². The van der Waals surface area contributed by atoms with Crippen molar-refractivity contribution in [3.63, 3.8) is 0 Å². The molecule has 0 aliphatic heterocycles. The third kappa shape index (κ3) is 52.3. The first-order valence-corrected chi connectivity index (χ1v) is 5.95. The van der Waals surface area contributed by atoms with Gasteiger partial charge in [0.25, 0.3) is 0 Å². The van der Waals surface area contributed by atoms with Gasteiger partial charge in [-0.25, -0.2) is 0 Å². The van der Waals surface area contributed by atoms with E-state index in [-0.39, 0.29) is 36.2 Å². The van der Waals surface area contributed by atoms with E-state index in [4.69, 9.17) is 17.5 Å². The van der Waals surface area contributed by atoms with Gasteiger partial charge in [-0.3, -0.25) is 9.11 Å². The van der Waals surface area contributed by atoms with Crippen LogP contribution in [0.2, 0.25) is 0 Å². The first-order valence-electron chi connectivity index (χ1n) is 4.55. The van der Waals surface area contributed by atoms with Gasteiger partial charge in [0.2, 0.25) is 0 Å². The maximum atomic E-state index is 9.97. The fourth-order valence-corrected chi connectivity index (χ4v) is 0.831. The Kier molecular flexibility index (Phi) is 18.2. The second-order valence-corrected chi connectivity index (χ2v) is 4.29. The van der Waals surface area contributed by atoms with Gasteiger partial charge >= 0.3 is 40.0 Å². The van der Waals surface area contributed by atoms with Crippen molar-refractivity contribution < 1.29 is 52.2 Å². The van der Waals surface area contributed by atoms with Gasteiger partial charge in [-0.15, -0.1) is 6.61 Å². The van der Waals surface area contributed by atoms with E-state index >= 15 is 0 Å². The Morgan fingerprint density at radius 3 is 1.80 bits per heavy atom. The van der Waals surface area contributed by atoms with Gasteiger partial charge in [-0.1, -0.05) is 39.5 Å². The average Bonchev–Trinajstić information content (AvgIpc) is 1.94. The Bertz CT molecular complexity index is 195. The van der Waals surface area contributed by atoms with Crippen LogP contribution >= 0.6 is 0 Å². The van der Waals surface area contributed by atoms with Crippen molar-refractivity contribution in [2.45, 2.75) is 39.5 Å². The van der Waals surface area contributed by atoms with Gasteiger partial charge in [0.15, 0.2) is 0 Å². The number of hydrogen-bond acceptors (Lipinski definition) is 3. The summed E-state index contributed by atoms with van der Waals surface area (Å²) in [5.74, 6) is 0.802. The molecular formula is C8H19NaO5S. The SMILES string of the molecule is CC(C)CCCCC[O-].O=S(=O)(O)O.[Na+]. The maximum Gasteiger partial charge on any atom is 1.00 e. The van der Waals surface area contributed by atoms with Gasteiger partial charge in [-0.2, -0.15) is 8.42 Å². The van der Waals surface area contributed by atoms with Gasteiger partial charge in [0.05, 0.1) is 0 Å². The monoisotopic (exact) mass is 250 g/mol. The van der Waals surface area contributed by atoms with Crippen LogP contribution in [0.1, 0.15) is 39.5 Å². The van der Waals surface area contributed by atoms with Crippen LogP contribution in [0.3, 0.4) is 0 Å². The summed E-state index contributed by atoms with van der Waals surface area (Å²) >= 11 is 0. The summed E-state index contributed by atoms with van der Waals surface area (Å²) in [6.45, 7) is 4.55. The molecule has 0 aliphatic carbocycles. The van der Waals surface area contributed by atoms with Gasteiger partial charge < -0.3 is 5.11 Å². The van der Waals surface area contributed by atoms with Crippen molar-refractivity contribution in [2.24, 2.45) is 5.92 Å². The average molecular weight is 250 g/mol. The molecule has 0 radical (unpaired) electrons. The zero-order valence-electron chi connectivity index (χ0n) is 9.64. The zero-order chi connectivity index (χ0) is 11.6. The van der Waals surface area contributed by atoms with Gasteiger partial charge in [-0.05, 0) is 5.92 Å². The van der Waals surface area contributed by atoms with E-state index in [9.17, 15) is 5.11 Å². The summed E-state index contributed by atoms with van der Waals surface area (Å²) in [6.07, 6.45) is 4.51. The maximum absolute atomic E-state index is 9.97. The van der Waals surface area contributed by atoms with E-state index in [1.54, 1.807) is 0 Å². The predicted octanol–water partition coefficient (Wildman–Crippen LogP) is -2.09. The van der Waals surface area contributed by atoms with E-state index in [0.717, 1.165) is 18.8 Å². The fourth-order valence-electron chi connectivity index (χ4n) is 0.831. The Hall–Kier alpha value is 0.830. The molecule has 0 fully saturated rings. The minimum atomic E-state index is -4.67. The largest absolute Gasteiger partial charge is 1.00 e. The molecule has 0 heterocycles. The molecular weight excluding hydrogens is 231 g/mol. The minimum absolute atomic E-state index is 0. The summed E-state index contributed by atoms with van der Waals surface area (Å²) in [5.41, 5.74) is 0. The van der Waals surface area contributed by atoms with Crippen LogP contribution in [-0.2, 0) is 10.4 Å². The Morgan fingerprint density at radius 2 is 1.53 bits per heavy atom. The summed E-state index contributed by atoms with van der Waals surface area (Å²) < 4.78 is 31.6. The van der Waals surface area contributed by atoms with Crippen molar-refractivity contribution in [1.82, 2.24) is 0 Å². The second-order valence-electron chi connectivity index (χ2n) is 3.40. The molecule has 0 spiro atoms. The van der Waals surface area contributed by atoms with Crippen molar-refractivity contribution in [1.29, 1.82) is 0 Å². The van der Waals surface area contributed by atoms with Crippen molar-refractivity contribution in [3.8, 4) is 0 Å². The number of rotatable bonds is 5. The molecule has 5 nitrogen and oxygen atoms in total. The molecule has 0 aliphatic rings. The first-order chi connectivity index (χ1) is 6.27. The summed E-state index contributed by atoms with van der Waals surface area (Å²) in [6, 6.07) is 0. The molecule has 0 amide bonds. The molecule has 15 heavy (non-hydrogen) atoms. The Balaban J connectivity index is -0.000000208. The third-order valence-electron chi connectivity index (χ3n) is 1.43. The normalized spacial score (nSPS) is 10.3. The molecule has 0 saturated carbocycles. The molecule has 88 valence electrons. The minimum Gasteiger partial charge on any atom is -0.854 e. The van der Waals surface area contributed by atoms with Gasteiger partial charge in [0.1, 0.15) is 0 Å². The molecule has 0 unspecified atom stereocenters. The molecule has 0 rings (SSSR count). The van der Waals surface area contributed by atoms with Crippen LogP contribution in [0.5, 0.6) is 0 Å². The van der Waals surface area contributed by atoms with E-state index in [1.807, 2.05) is 0 Å². The second kappa shape index (κ2) is 12.9.